The number of nitrogen functional groups attached to an aromatic ring is 1. The molecule has 1 aromatic heterocycles. The van der Waals surface area contributed by atoms with E-state index in [1.54, 1.807) is 36.8 Å². The molecule has 0 spiro atoms. The van der Waals surface area contributed by atoms with Crippen LogP contribution in [0.15, 0.2) is 36.8 Å². The molecule has 4 N–H and O–H groups in total. The van der Waals surface area contributed by atoms with Crippen molar-refractivity contribution >= 4 is 15.7 Å². The summed E-state index contributed by atoms with van der Waals surface area (Å²) in [6.07, 6.45) is 3.78. The molecule has 2 aromatic rings. The predicted octanol–water partition coefficient (Wildman–Crippen LogP) is 0.533. The van der Waals surface area contributed by atoms with Crippen molar-refractivity contribution < 1.29 is 13.2 Å². The van der Waals surface area contributed by atoms with Crippen molar-refractivity contribution in [3.05, 3.63) is 42.5 Å². The lowest BCUT2D eigenvalue weighted by molar-refractivity contribution is 0.342. The molecule has 0 saturated heterocycles. The molecule has 2 rings (SSSR count). The van der Waals surface area contributed by atoms with Crippen LogP contribution in [0.2, 0.25) is 0 Å². The van der Waals surface area contributed by atoms with E-state index in [0.717, 1.165) is 5.69 Å². The normalized spacial score (nSPS) is 11.4. The van der Waals surface area contributed by atoms with Crippen LogP contribution in [-0.4, -0.2) is 37.3 Å². The Hall–Kier alpha value is -2.06. The van der Waals surface area contributed by atoms with Crippen LogP contribution in [0, 0.1) is 0 Å². The van der Waals surface area contributed by atoms with Crippen molar-refractivity contribution in [2.75, 3.05) is 24.6 Å². The molecule has 0 aliphatic rings. The second-order valence-electron chi connectivity index (χ2n) is 4.43. The number of hydrogen-bond donors (Lipinski definition) is 3. The van der Waals surface area contributed by atoms with E-state index in [0.29, 0.717) is 24.4 Å². The van der Waals surface area contributed by atoms with Crippen molar-refractivity contribution in [3.8, 4) is 5.75 Å². The van der Waals surface area contributed by atoms with Crippen LogP contribution in [0.5, 0.6) is 5.75 Å². The van der Waals surface area contributed by atoms with Crippen molar-refractivity contribution in [1.82, 2.24) is 14.7 Å². The minimum absolute atomic E-state index is 0.0492. The molecule has 0 aliphatic heterocycles. The summed E-state index contributed by atoms with van der Waals surface area (Å²) in [4.78, 5) is 6.77. The first-order valence-electron chi connectivity index (χ1n) is 6.49. The number of nitrogens with two attached hydrogens (primary N) is 1. The summed E-state index contributed by atoms with van der Waals surface area (Å²) in [5, 5.41) is 0. The second-order valence-corrected chi connectivity index (χ2v) is 6.35. The van der Waals surface area contributed by atoms with Crippen LogP contribution >= 0.6 is 0 Å². The zero-order valence-corrected chi connectivity index (χ0v) is 12.3. The average Bonchev–Trinajstić information content (AvgIpc) is 2.94. The molecular weight excluding hydrogens is 292 g/mol. The molecule has 0 radical (unpaired) electrons. The molecule has 7 nitrogen and oxygen atoms in total. The quantitative estimate of drug-likeness (QED) is 0.616. The van der Waals surface area contributed by atoms with Gasteiger partial charge in [0.1, 0.15) is 12.4 Å². The van der Waals surface area contributed by atoms with Gasteiger partial charge in [0.2, 0.25) is 10.0 Å². The molecule has 1 heterocycles. The van der Waals surface area contributed by atoms with Gasteiger partial charge in [-0.05, 0) is 12.1 Å². The van der Waals surface area contributed by atoms with Gasteiger partial charge in [0.15, 0.2) is 0 Å². The minimum atomic E-state index is -3.37. The maximum absolute atomic E-state index is 11.8. The Kier molecular flexibility index (Phi) is 5.18. The minimum Gasteiger partial charge on any atom is -0.490 e. The zero-order chi connectivity index (χ0) is 15.1. The predicted molar refractivity (Wildman–Crippen MR) is 80.4 cm³/mol. The number of nitrogens with one attached hydrogen (secondary N) is 2. The fraction of sp³-hybridized carbons (Fsp3) is 0.308. The SMILES string of the molecule is Nc1ccccc1OCCS(=O)(=O)NCCc1cnc[nH]1. The maximum atomic E-state index is 11.8. The molecule has 0 unspecified atom stereocenters. The van der Waals surface area contributed by atoms with Crippen LogP contribution in [0.1, 0.15) is 5.69 Å². The fourth-order valence-corrected chi connectivity index (χ4v) is 2.57. The van der Waals surface area contributed by atoms with Crippen molar-refractivity contribution in [2.45, 2.75) is 6.42 Å². The Labute approximate surface area is 123 Å². The van der Waals surface area contributed by atoms with Gasteiger partial charge in [-0.1, -0.05) is 12.1 Å². The fourth-order valence-electron chi connectivity index (χ4n) is 1.71. The van der Waals surface area contributed by atoms with E-state index in [-0.39, 0.29) is 12.4 Å². The van der Waals surface area contributed by atoms with Gasteiger partial charge in [-0.2, -0.15) is 0 Å². The van der Waals surface area contributed by atoms with Gasteiger partial charge in [0.05, 0.1) is 17.8 Å². The average molecular weight is 310 g/mol. The van der Waals surface area contributed by atoms with Crippen LogP contribution in [0.4, 0.5) is 5.69 Å². The van der Waals surface area contributed by atoms with Gasteiger partial charge < -0.3 is 15.5 Å². The highest BCUT2D eigenvalue weighted by atomic mass is 32.2. The van der Waals surface area contributed by atoms with Crippen LogP contribution in [0.3, 0.4) is 0 Å². The largest absolute Gasteiger partial charge is 0.490 e. The first kappa shape index (κ1) is 15.3. The van der Waals surface area contributed by atoms with Gasteiger partial charge in [0, 0.05) is 24.9 Å². The van der Waals surface area contributed by atoms with Gasteiger partial charge in [-0.25, -0.2) is 18.1 Å². The summed E-state index contributed by atoms with van der Waals surface area (Å²) >= 11 is 0. The summed E-state index contributed by atoms with van der Waals surface area (Å²) in [5.74, 6) is 0.370. The van der Waals surface area contributed by atoms with Crippen molar-refractivity contribution in [3.63, 3.8) is 0 Å². The summed E-state index contributed by atoms with van der Waals surface area (Å²) in [7, 11) is -3.37. The Morgan fingerprint density at radius 3 is 2.86 bits per heavy atom. The molecule has 0 aliphatic carbocycles. The van der Waals surface area contributed by atoms with E-state index >= 15 is 0 Å². The molecular formula is C13H18N4O3S. The van der Waals surface area contributed by atoms with Gasteiger partial charge in [-0.15, -0.1) is 0 Å². The van der Waals surface area contributed by atoms with Gasteiger partial charge in [-0.3, -0.25) is 0 Å². The third-order valence-corrected chi connectivity index (χ3v) is 4.15. The number of hydrogen-bond acceptors (Lipinski definition) is 5. The highest BCUT2D eigenvalue weighted by Crippen LogP contribution is 2.19. The van der Waals surface area contributed by atoms with Gasteiger partial charge >= 0.3 is 0 Å². The highest BCUT2D eigenvalue weighted by molar-refractivity contribution is 7.89. The number of imidazole rings is 1. The molecule has 0 bridgehead atoms. The third kappa shape index (κ3) is 5.09. The molecule has 114 valence electrons. The number of aromatic nitrogens is 2. The number of para-hydroxylation sites is 2. The molecule has 0 atom stereocenters. The molecule has 1 aromatic carbocycles. The van der Waals surface area contributed by atoms with Crippen molar-refractivity contribution in [1.29, 1.82) is 0 Å². The Morgan fingerprint density at radius 1 is 1.33 bits per heavy atom. The Bertz CT molecular complexity index is 656. The van der Waals surface area contributed by atoms with E-state index in [1.807, 2.05) is 0 Å². The summed E-state index contributed by atoms with van der Waals surface area (Å²) in [6, 6.07) is 6.97. The van der Waals surface area contributed by atoms with E-state index in [9.17, 15) is 8.42 Å². The third-order valence-electron chi connectivity index (χ3n) is 2.80. The number of nitrogens with zero attached hydrogens (tertiary/aromatic N) is 1. The van der Waals surface area contributed by atoms with E-state index in [4.69, 9.17) is 10.5 Å². The summed E-state index contributed by atoms with van der Waals surface area (Å²) in [6.45, 7) is 0.367. The van der Waals surface area contributed by atoms with Crippen LogP contribution in [-0.2, 0) is 16.4 Å². The topological polar surface area (TPSA) is 110 Å². The second kappa shape index (κ2) is 7.09. The maximum Gasteiger partial charge on any atom is 0.214 e. The lowest BCUT2D eigenvalue weighted by Crippen LogP contribution is -2.30. The van der Waals surface area contributed by atoms with Crippen LogP contribution in [0.25, 0.3) is 0 Å². The molecule has 0 amide bonds. The first-order chi connectivity index (χ1) is 10.1. The standard InChI is InChI=1S/C13H18N4O3S/c14-12-3-1-2-4-13(12)20-7-8-21(18,19)17-6-5-11-9-15-10-16-11/h1-4,9-10,17H,5-8,14H2,(H,15,16). The number of aromatic amines is 1. The number of rotatable bonds is 8. The molecule has 0 fully saturated rings. The summed E-state index contributed by atoms with van der Waals surface area (Å²) < 4.78 is 31.4. The molecule has 21 heavy (non-hydrogen) atoms. The monoisotopic (exact) mass is 310 g/mol. The Morgan fingerprint density at radius 2 is 2.14 bits per heavy atom. The summed E-state index contributed by atoms with van der Waals surface area (Å²) in [5.41, 5.74) is 7.07. The van der Waals surface area contributed by atoms with Gasteiger partial charge in [0.25, 0.3) is 0 Å². The highest BCUT2D eigenvalue weighted by Gasteiger charge is 2.10. The van der Waals surface area contributed by atoms with E-state index in [2.05, 4.69) is 14.7 Å². The van der Waals surface area contributed by atoms with Crippen LogP contribution < -0.4 is 15.2 Å². The molecule has 0 saturated carbocycles. The smallest absolute Gasteiger partial charge is 0.214 e. The molecule has 8 heteroatoms. The number of H-pyrrole nitrogens is 1. The lowest BCUT2D eigenvalue weighted by Gasteiger charge is -2.09. The number of anilines is 1. The van der Waals surface area contributed by atoms with E-state index in [1.165, 1.54) is 0 Å². The number of ether oxygens (including phenoxy) is 1. The Balaban J connectivity index is 1.72. The number of benzene rings is 1. The first-order valence-corrected chi connectivity index (χ1v) is 8.14. The van der Waals surface area contributed by atoms with E-state index < -0.39 is 10.0 Å². The lowest BCUT2D eigenvalue weighted by atomic mass is 10.3. The van der Waals surface area contributed by atoms with Crippen molar-refractivity contribution in [2.24, 2.45) is 0 Å². The number of sulfonamides is 1. The zero-order valence-electron chi connectivity index (χ0n) is 11.5.